The lowest BCUT2D eigenvalue weighted by atomic mass is 10.1. The second-order valence-corrected chi connectivity index (χ2v) is 2.90. The molecule has 0 radical (unpaired) electrons. The van der Waals surface area contributed by atoms with Crippen LogP contribution in [0.1, 0.15) is 18.6 Å². The molecule has 0 saturated carbocycles. The van der Waals surface area contributed by atoms with E-state index in [4.69, 9.17) is 9.47 Å². The van der Waals surface area contributed by atoms with Gasteiger partial charge in [-0.05, 0) is 6.92 Å². The van der Waals surface area contributed by atoms with Gasteiger partial charge >= 0.3 is 0 Å². The number of ether oxygens (including phenoxy) is 2. The van der Waals surface area contributed by atoms with Crippen LogP contribution >= 0.6 is 0 Å². The molecular weight excluding hydrogens is 187 g/mol. The lowest BCUT2D eigenvalue weighted by molar-refractivity contribution is 0.188. The standard InChI is InChI=1S/C10H13FO3/c1-6(12)10-8(13-2)4-7(11)5-9(10)14-3/h4-6,12H,1-3H3. The van der Waals surface area contributed by atoms with E-state index in [2.05, 4.69) is 0 Å². The van der Waals surface area contributed by atoms with Crippen molar-refractivity contribution in [3.8, 4) is 11.5 Å². The Bertz CT molecular complexity index is 298. The molecule has 14 heavy (non-hydrogen) atoms. The minimum atomic E-state index is -0.763. The summed E-state index contributed by atoms with van der Waals surface area (Å²) in [6.45, 7) is 1.57. The molecule has 0 aromatic heterocycles. The highest BCUT2D eigenvalue weighted by molar-refractivity contribution is 5.46. The van der Waals surface area contributed by atoms with Crippen molar-refractivity contribution in [2.75, 3.05) is 14.2 Å². The van der Waals surface area contributed by atoms with Gasteiger partial charge in [0.2, 0.25) is 0 Å². The molecule has 0 aliphatic carbocycles. The van der Waals surface area contributed by atoms with Crippen LogP contribution in [0.15, 0.2) is 12.1 Å². The van der Waals surface area contributed by atoms with Crippen molar-refractivity contribution in [2.24, 2.45) is 0 Å². The molecule has 1 rings (SSSR count). The highest BCUT2D eigenvalue weighted by atomic mass is 19.1. The Morgan fingerprint density at radius 2 is 1.64 bits per heavy atom. The van der Waals surface area contributed by atoms with Crippen LogP contribution < -0.4 is 9.47 Å². The topological polar surface area (TPSA) is 38.7 Å². The Balaban J connectivity index is 3.33. The normalized spacial score (nSPS) is 12.4. The molecule has 4 heteroatoms. The fraction of sp³-hybridized carbons (Fsp3) is 0.400. The van der Waals surface area contributed by atoms with E-state index >= 15 is 0 Å². The van der Waals surface area contributed by atoms with Crippen molar-refractivity contribution in [3.63, 3.8) is 0 Å². The van der Waals surface area contributed by atoms with E-state index in [0.29, 0.717) is 5.56 Å². The molecule has 0 heterocycles. The molecule has 3 nitrogen and oxygen atoms in total. The smallest absolute Gasteiger partial charge is 0.131 e. The van der Waals surface area contributed by atoms with E-state index in [9.17, 15) is 9.50 Å². The van der Waals surface area contributed by atoms with Crippen molar-refractivity contribution in [1.82, 2.24) is 0 Å². The van der Waals surface area contributed by atoms with Gasteiger partial charge in [-0.2, -0.15) is 0 Å². The highest BCUT2D eigenvalue weighted by Gasteiger charge is 2.16. The van der Waals surface area contributed by atoms with E-state index < -0.39 is 11.9 Å². The van der Waals surface area contributed by atoms with Crippen molar-refractivity contribution < 1.29 is 19.0 Å². The predicted molar refractivity (Wildman–Crippen MR) is 50.1 cm³/mol. The lowest BCUT2D eigenvalue weighted by Crippen LogP contribution is -2.01. The SMILES string of the molecule is COc1cc(F)cc(OC)c1C(C)O. The third-order valence-corrected chi connectivity index (χ3v) is 1.93. The number of hydrogen-bond acceptors (Lipinski definition) is 3. The second-order valence-electron chi connectivity index (χ2n) is 2.90. The molecule has 1 aromatic carbocycles. The summed E-state index contributed by atoms with van der Waals surface area (Å²) in [7, 11) is 2.83. The molecule has 0 aliphatic rings. The third-order valence-electron chi connectivity index (χ3n) is 1.93. The Morgan fingerprint density at radius 3 is 1.93 bits per heavy atom. The first-order valence-corrected chi connectivity index (χ1v) is 4.19. The number of halogens is 1. The average Bonchev–Trinajstić information content (AvgIpc) is 2.15. The minimum Gasteiger partial charge on any atom is -0.496 e. The number of benzene rings is 1. The molecule has 1 N–H and O–H groups in total. The summed E-state index contributed by atoms with van der Waals surface area (Å²) in [5.41, 5.74) is 0.455. The van der Waals surface area contributed by atoms with Gasteiger partial charge in [-0.3, -0.25) is 0 Å². The summed E-state index contributed by atoms with van der Waals surface area (Å²) in [4.78, 5) is 0. The summed E-state index contributed by atoms with van der Waals surface area (Å²) in [5.74, 6) is 0.122. The first-order valence-electron chi connectivity index (χ1n) is 4.19. The summed E-state index contributed by atoms with van der Waals surface area (Å²) in [5, 5.41) is 9.46. The molecule has 0 spiro atoms. The van der Waals surface area contributed by atoms with E-state index in [1.807, 2.05) is 0 Å². The highest BCUT2D eigenvalue weighted by Crippen LogP contribution is 2.34. The van der Waals surface area contributed by atoms with Gasteiger partial charge in [-0.25, -0.2) is 4.39 Å². The molecule has 1 unspecified atom stereocenters. The van der Waals surface area contributed by atoms with Gasteiger partial charge < -0.3 is 14.6 Å². The Kier molecular flexibility index (Phi) is 3.30. The first kappa shape index (κ1) is 10.8. The Morgan fingerprint density at radius 1 is 1.21 bits per heavy atom. The van der Waals surface area contributed by atoms with Gasteiger partial charge in [0.15, 0.2) is 0 Å². The van der Waals surface area contributed by atoms with Gasteiger partial charge in [0.05, 0.1) is 25.9 Å². The zero-order valence-corrected chi connectivity index (χ0v) is 8.37. The molecule has 0 bridgehead atoms. The zero-order chi connectivity index (χ0) is 10.7. The van der Waals surface area contributed by atoms with E-state index in [0.717, 1.165) is 0 Å². The summed E-state index contributed by atoms with van der Waals surface area (Å²) < 4.78 is 22.9. The van der Waals surface area contributed by atoms with Gasteiger partial charge in [-0.1, -0.05) is 0 Å². The van der Waals surface area contributed by atoms with Gasteiger partial charge in [0.25, 0.3) is 0 Å². The fourth-order valence-electron chi connectivity index (χ4n) is 1.32. The molecule has 0 fully saturated rings. The van der Waals surface area contributed by atoms with E-state index in [1.165, 1.54) is 26.4 Å². The zero-order valence-electron chi connectivity index (χ0n) is 8.37. The lowest BCUT2D eigenvalue weighted by Gasteiger charge is -2.15. The molecular formula is C10H13FO3. The van der Waals surface area contributed by atoms with Crippen molar-refractivity contribution in [2.45, 2.75) is 13.0 Å². The van der Waals surface area contributed by atoms with Crippen molar-refractivity contribution >= 4 is 0 Å². The van der Waals surface area contributed by atoms with Crippen LogP contribution in [0.3, 0.4) is 0 Å². The number of aliphatic hydroxyl groups excluding tert-OH is 1. The van der Waals surface area contributed by atoms with Crippen LogP contribution in [0.25, 0.3) is 0 Å². The summed E-state index contributed by atoms with van der Waals surface area (Å²) >= 11 is 0. The number of aliphatic hydroxyl groups is 1. The minimum absolute atomic E-state index is 0.289. The molecule has 1 atom stereocenters. The maximum Gasteiger partial charge on any atom is 0.131 e. The number of rotatable bonds is 3. The number of hydrogen-bond donors (Lipinski definition) is 1. The predicted octanol–water partition coefficient (Wildman–Crippen LogP) is 1.90. The molecule has 0 amide bonds. The number of methoxy groups -OCH3 is 2. The van der Waals surface area contributed by atoms with Gasteiger partial charge in [-0.15, -0.1) is 0 Å². The van der Waals surface area contributed by atoms with Crippen LogP contribution in [0.4, 0.5) is 4.39 Å². The fourth-order valence-corrected chi connectivity index (χ4v) is 1.32. The van der Waals surface area contributed by atoms with Crippen molar-refractivity contribution in [3.05, 3.63) is 23.5 Å². The quantitative estimate of drug-likeness (QED) is 0.809. The second kappa shape index (κ2) is 4.28. The summed E-state index contributed by atoms with van der Waals surface area (Å²) in [6.07, 6.45) is -0.763. The Hall–Kier alpha value is -1.29. The average molecular weight is 200 g/mol. The summed E-state index contributed by atoms with van der Waals surface area (Å²) in [6, 6.07) is 2.43. The Labute approximate surface area is 82.1 Å². The van der Waals surface area contributed by atoms with Gasteiger partial charge in [0.1, 0.15) is 17.3 Å². The molecule has 1 aromatic rings. The first-order chi connectivity index (χ1) is 6.60. The maximum atomic E-state index is 13.0. The van der Waals surface area contributed by atoms with Crippen LogP contribution in [0, 0.1) is 5.82 Å². The largest absolute Gasteiger partial charge is 0.496 e. The molecule has 0 saturated heterocycles. The van der Waals surface area contributed by atoms with E-state index in [1.54, 1.807) is 6.92 Å². The third kappa shape index (κ3) is 1.96. The van der Waals surface area contributed by atoms with Crippen LogP contribution in [-0.2, 0) is 0 Å². The van der Waals surface area contributed by atoms with Crippen LogP contribution in [0.2, 0.25) is 0 Å². The molecule has 78 valence electrons. The maximum absolute atomic E-state index is 13.0. The monoisotopic (exact) mass is 200 g/mol. The van der Waals surface area contributed by atoms with Gasteiger partial charge in [0, 0.05) is 12.1 Å². The van der Waals surface area contributed by atoms with Crippen molar-refractivity contribution in [1.29, 1.82) is 0 Å². The molecule has 0 aliphatic heterocycles. The van der Waals surface area contributed by atoms with E-state index in [-0.39, 0.29) is 11.5 Å². The van der Waals surface area contributed by atoms with Crippen LogP contribution in [-0.4, -0.2) is 19.3 Å². The van der Waals surface area contributed by atoms with Crippen LogP contribution in [0.5, 0.6) is 11.5 Å².